The van der Waals surface area contributed by atoms with E-state index >= 15 is 0 Å². The Kier molecular flexibility index (Phi) is 5.85. The minimum Gasteiger partial charge on any atom is -0.481 e. The van der Waals surface area contributed by atoms with E-state index in [4.69, 9.17) is 5.11 Å². The van der Waals surface area contributed by atoms with Crippen LogP contribution in [0.1, 0.15) is 38.5 Å². The van der Waals surface area contributed by atoms with E-state index < -0.39 is 5.97 Å². The molecule has 92 valence electrons. The second kappa shape index (κ2) is 7.22. The summed E-state index contributed by atoms with van der Waals surface area (Å²) in [5, 5.41) is 14.2. The first-order valence-corrected chi connectivity index (χ1v) is 5.90. The first-order chi connectivity index (χ1) is 7.68. The van der Waals surface area contributed by atoms with Gasteiger partial charge in [0, 0.05) is 12.6 Å². The molecule has 3 N–H and O–H groups in total. The summed E-state index contributed by atoms with van der Waals surface area (Å²) in [6, 6.07) is 0.322. The van der Waals surface area contributed by atoms with Gasteiger partial charge in [-0.1, -0.05) is 19.3 Å². The van der Waals surface area contributed by atoms with E-state index in [0.29, 0.717) is 12.6 Å². The fourth-order valence-corrected chi connectivity index (χ4v) is 1.92. The van der Waals surface area contributed by atoms with Gasteiger partial charge in [-0.15, -0.1) is 0 Å². The minimum absolute atomic E-state index is 0.0303. The summed E-state index contributed by atoms with van der Waals surface area (Å²) in [5.74, 6) is -0.877. The Balaban J connectivity index is 2.03. The average molecular weight is 228 g/mol. The van der Waals surface area contributed by atoms with Gasteiger partial charge in [0.2, 0.25) is 5.91 Å². The zero-order valence-corrected chi connectivity index (χ0v) is 9.50. The third-order valence-corrected chi connectivity index (χ3v) is 2.77. The molecule has 0 radical (unpaired) electrons. The molecule has 0 bridgehead atoms. The van der Waals surface area contributed by atoms with Crippen molar-refractivity contribution < 1.29 is 14.7 Å². The number of rotatable bonds is 6. The fourth-order valence-electron chi connectivity index (χ4n) is 1.92. The maximum atomic E-state index is 11.4. The molecule has 0 saturated heterocycles. The summed E-state index contributed by atoms with van der Waals surface area (Å²) in [5.41, 5.74) is 0. The van der Waals surface area contributed by atoms with Crippen molar-refractivity contribution in [2.24, 2.45) is 0 Å². The van der Waals surface area contributed by atoms with Crippen LogP contribution in [0.25, 0.3) is 0 Å². The van der Waals surface area contributed by atoms with Gasteiger partial charge in [-0.2, -0.15) is 0 Å². The van der Waals surface area contributed by atoms with Crippen LogP contribution >= 0.6 is 0 Å². The van der Waals surface area contributed by atoms with E-state index in [2.05, 4.69) is 10.6 Å². The molecule has 1 amide bonds. The number of carboxylic acids is 1. The van der Waals surface area contributed by atoms with Gasteiger partial charge in [0.1, 0.15) is 0 Å². The van der Waals surface area contributed by atoms with E-state index in [0.717, 1.165) is 12.8 Å². The third kappa shape index (κ3) is 5.70. The van der Waals surface area contributed by atoms with E-state index in [9.17, 15) is 9.59 Å². The largest absolute Gasteiger partial charge is 0.481 e. The Morgan fingerprint density at radius 3 is 2.50 bits per heavy atom. The van der Waals surface area contributed by atoms with Crippen LogP contribution in [0.4, 0.5) is 0 Å². The molecule has 1 saturated carbocycles. The zero-order valence-electron chi connectivity index (χ0n) is 9.50. The molecule has 1 aliphatic rings. The number of hydrogen-bond donors (Lipinski definition) is 3. The maximum absolute atomic E-state index is 11.4. The summed E-state index contributed by atoms with van der Waals surface area (Å²) in [7, 11) is 0. The smallest absolute Gasteiger partial charge is 0.304 e. The van der Waals surface area contributed by atoms with Crippen molar-refractivity contribution in [3.05, 3.63) is 0 Å². The standard InChI is InChI=1S/C11H20N2O3/c14-10(8-12-7-6-11(15)16)13-9-4-2-1-3-5-9/h9,12H,1-8H2,(H,13,14)(H,15,16). The molecule has 0 unspecified atom stereocenters. The van der Waals surface area contributed by atoms with Gasteiger partial charge < -0.3 is 15.7 Å². The number of carboxylic acid groups (broad SMARTS) is 1. The van der Waals surface area contributed by atoms with Crippen molar-refractivity contribution in [3.8, 4) is 0 Å². The normalized spacial score (nSPS) is 17.0. The molecule has 0 spiro atoms. The van der Waals surface area contributed by atoms with E-state index in [1.54, 1.807) is 0 Å². The van der Waals surface area contributed by atoms with E-state index in [-0.39, 0.29) is 18.9 Å². The van der Waals surface area contributed by atoms with Crippen LogP contribution in [0.3, 0.4) is 0 Å². The summed E-state index contributed by atoms with van der Waals surface area (Å²) in [6.07, 6.45) is 5.84. The number of aliphatic carboxylic acids is 1. The Morgan fingerprint density at radius 1 is 1.19 bits per heavy atom. The molecule has 16 heavy (non-hydrogen) atoms. The molecule has 1 rings (SSSR count). The van der Waals surface area contributed by atoms with Crippen molar-refractivity contribution >= 4 is 11.9 Å². The molecule has 0 atom stereocenters. The van der Waals surface area contributed by atoms with Crippen LogP contribution in [0.5, 0.6) is 0 Å². The number of carbonyl (C=O) groups excluding carboxylic acids is 1. The Morgan fingerprint density at radius 2 is 1.88 bits per heavy atom. The van der Waals surface area contributed by atoms with Gasteiger partial charge in [0.05, 0.1) is 13.0 Å². The van der Waals surface area contributed by atoms with Crippen LogP contribution in [0.15, 0.2) is 0 Å². The first-order valence-electron chi connectivity index (χ1n) is 5.90. The monoisotopic (exact) mass is 228 g/mol. The minimum atomic E-state index is -0.847. The lowest BCUT2D eigenvalue weighted by molar-refractivity contribution is -0.137. The highest BCUT2D eigenvalue weighted by atomic mass is 16.4. The predicted octanol–water partition coefficient (Wildman–Crippen LogP) is 0.500. The fraction of sp³-hybridized carbons (Fsp3) is 0.818. The molecule has 1 aliphatic carbocycles. The van der Waals surface area contributed by atoms with Crippen molar-refractivity contribution in [1.29, 1.82) is 0 Å². The predicted molar refractivity (Wildman–Crippen MR) is 60.1 cm³/mol. The molecule has 0 aromatic rings. The number of amides is 1. The number of nitrogens with one attached hydrogen (secondary N) is 2. The molecule has 0 aliphatic heterocycles. The van der Waals surface area contributed by atoms with E-state index in [1.807, 2.05) is 0 Å². The Bertz CT molecular complexity index is 237. The SMILES string of the molecule is O=C(O)CCNCC(=O)NC1CCCCC1. The molecule has 0 aromatic carbocycles. The highest BCUT2D eigenvalue weighted by molar-refractivity contribution is 5.78. The summed E-state index contributed by atoms with van der Waals surface area (Å²) in [4.78, 5) is 21.7. The molecule has 0 aromatic heterocycles. The van der Waals surface area contributed by atoms with Gasteiger partial charge in [-0.25, -0.2) is 0 Å². The van der Waals surface area contributed by atoms with Crippen LogP contribution in [-0.4, -0.2) is 36.1 Å². The van der Waals surface area contributed by atoms with Crippen LogP contribution < -0.4 is 10.6 Å². The topological polar surface area (TPSA) is 78.4 Å². The molecule has 1 fully saturated rings. The van der Waals surface area contributed by atoms with Crippen LogP contribution in [0, 0.1) is 0 Å². The number of carbonyl (C=O) groups is 2. The summed E-state index contributed by atoms with van der Waals surface area (Å²) in [6.45, 7) is 0.553. The van der Waals surface area contributed by atoms with Gasteiger partial charge in [-0.05, 0) is 12.8 Å². The van der Waals surface area contributed by atoms with Gasteiger partial charge in [0.25, 0.3) is 0 Å². The first kappa shape index (κ1) is 13.0. The van der Waals surface area contributed by atoms with Gasteiger partial charge in [-0.3, -0.25) is 9.59 Å². The summed E-state index contributed by atoms with van der Waals surface area (Å²) < 4.78 is 0. The Labute approximate surface area is 95.6 Å². The molecular weight excluding hydrogens is 208 g/mol. The zero-order chi connectivity index (χ0) is 11.8. The van der Waals surface area contributed by atoms with Crippen LogP contribution in [0.2, 0.25) is 0 Å². The van der Waals surface area contributed by atoms with Crippen molar-refractivity contribution in [3.63, 3.8) is 0 Å². The third-order valence-electron chi connectivity index (χ3n) is 2.77. The van der Waals surface area contributed by atoms with Crippen molar-refractivity contribution in [2.45, 2.75) is 44.6 Å². The lowest BCUT2D eigenvalue weighted by Crippen LogP contribution is -2.41. The molecule has 5 nitrogen and oxygen atoms in total. The molecule has 5 heteroatoms. The molecular formula is C11H20N2O3. The molecule has 0 heterocycles. The Hall–Kier alpha value is -1.10. The second-order valence-electron chi connectivity index (χ2n) is 4.22. The maximum Gasteiger partial charge on any atom is 0.304 e. The van der Waals surface area contributed by atoms with Crippen molar-refractivity contribution in [1.82, 2.24) is 10.6 Å². The quantitative estimate of drug-likeness (QED) is 0.578. The van der Waals surface area contributed by atoms with E-state index in [1.165, 1.54) is 19.3 Å². The lowest BCUT2D eigenvalue weighted by atomic mass is 9.95. The average Bonchev–Trinajstić information content (AvgIpc) is 2.25. The van der Waals surface area contributed by atoms with Crippen LogP contribution in [-0.2, 0) is 9.59 Å². The highest BCUT2D eigenvalue weighted by Gasteiger charge is 2.14. The summed E-state index contributed by atoms with van der Waals surface area (Å²) >= 11 is 0. The lowest BCUT2D eigenvalue weighted by Gasteiger charge is -2.22. The second-order valence-corrected chi connectivity index (χ2v) is 4.22. The van der Waals surface area contributed by atoms with Gasteiger partial charge >= 0.3 is 5.97 Å². The van der Waals surface area contributed by atoms with Gasteiger partial charge in [0.15, 0.2) is 0 Å². The highest BCUT2D eigenvalue weighted by Crippen LogP contribution is 2.16. The number of hydrogen-bond acceptors (Lipinski definition) is 3. The van der Waals surface area contributed by atoms with Crippen molar-refractivity contribution in [2.75, 3.05) is 13.1 Å².